The van der Waals surface area contributed by atoms with E-state index < -0.39 is 0 Å². The lowest BCUT2D eigenvalue weighted by Gasteiger charge is -2.01. The average Bonchev–Trinajstić information content (AvgIpc) is 2.93. The Hall–Kier alpha value is -1.47. The molecule has 0 fully saturated rings. The van der Waals surface area contributed by atoms with Crippen molar-refractivity contribution in [1.82, 2.24) is 9.78 Å². The molecule has 0 radical (unpaired) electrons. The second-order valence-corrected chi connectivity index (χ2v) is 6.64. The van der Waals surface area contributed by atoms with E-state index in [4.69, 9.17) is 0 Å². The summed E-state index contributed by atoms with van der Waals surface area (Å²) in [5.74, 6) is 0. The van der Waals surface area contributed by atoms with Gasteiger partial charge in [0.05, 0.1) is 11.3 Å². The zero-order valence-electron chi connectivity index (χ0n) is 10.8. The number of halogens is 2. The maximum absolute atomic E-state index is 11.3. The molecular weight excluding hydrogens is 443 g/mol. The topological polar surface area (TPSA) is 34.9 Å². The maximum Gasteiger partial charge on any atom is 0.153 e. The van der Waals surface area contributed by atoms with Crippen molar-refractivity contribution in [3.63, 3.8) is 0 Å². The molecule has 0 atom stereocenters. The van der Waals surface area contributed by atoms with Crippen LogP contribution < -0.4 is 0 Å². The fraction of sp³-hybridized carbons (Fsp3) is 0. The fourth-order valence-corrected chi connectivity index (χ4v) is 2.66. The third-order valence-electron chi connectivity index (χ3n) is 3.08. The maximum atomic E-state index is 11.3. The van der Waals surface area contributed by atoms with Gasteiger partial charge in [-0.05, 0) is 59.0 Å². The summed E-state index contributed by atoms with van der Waals surface area (Å²) in [4.78, 5) is 11.3. The van der Waals surface area contributed by atoms with Crippen molar-refractivity contribution in [2.24, 2.45) is 0 Å². The van der Waals surface area contributed by atoms with Crippen molar-refractivity contribution >= 4 is 44.8 Å². The van der Waals surface area contributed by atoms with Crippen molar-refractivity contribution in [3.05, 3.63) is 68.3 Å². The predicted octanol–water partition coefficient (Wildman–Crippen LogP) is 4.72. The molecule has 0 aliphatic heterocycles. The van der Waals surface area contributed by atoms with Crippen LogP contribution >= 0.6 is 38.5 Å². The minimum atomic E-state index is 0.583. The van der Waals surface area contributed by atoms with Crippen LogP contribution in [0.15, 0.2) is 59.2 Å². The zero-order valence-corrected chi connectivity index (χ0v) is 14.6. The van der Waals surface area contributed by atoms with Crippen molar-refractivity contribution in [3.8, 4) is 16.9 Å². The molecule has 21 heavy (non-hydrogen) atoms. The number of benzene rings is 2. The first kappa shape index (κ1) is 14.5. The monoisotopic (exact) mass is 452 g/mol. The van der Waals surface area contributed by atoms with Crippen molar-refractivity contribution in [2.45, 2.75) is 0 Å². The van der Waals surface area contributed by atoms with E-state index >= 15 is 0 Å². The summed E-state index contributed by atoms with van der Waals surface area (Å²) < 4.78 is 3.88. The molecule has 0 spiro atoms. The van der Waals surface area contributed by atoms with E-state index in [2.05, 4.69) is 43.6 Å². The lowest BCUT2D eigenvalue weighted by Crippen LogP contribution is -1.94. The second kappa shape index (κ2) is 6.11. The number of aldehydes is 1. The zero-order chi connectivity index (χ0) is 14.8. The molecule has 5 heteroatoms. The normalized spacial score (nSPS) is 10.6. The van der Waals surface area contributed by atoms with E-state index in [0.717, 1.165) is 25.6 Å². The Morgan fingerprint density at radius 1 is 1.05 bits per heavy atom. The van der Waals surface area contributed by atoms with Gasteiger partial charge in [0.15, 0.2) is 6.29 Å². The first-order valence-corrected chi connectivity index (χ1v) is 8.11. The highest BCUT2D eigenvalue weighted by Gasteiger charge is 2.11. The first-order chi connectivity index (χ1) is 10.2. The van der Waals surface area contributed by atoms with Crippen LogP contribution in [-0.4, -0.2) is 16.1 Å². The van der Waals surface area contributed by atoms with Crippen LogP contribution in [0.5, 0.6) is 0 Å². The van der Waals surface area contributed by atoms with Crippen LogP contribution in [0.25, 0.3) is 16.9 Å². The average molecular weight is 453 g/mol. The second-order valence-electron chi connectivity index (χ2n) is 4.48. The molecule has 104 valence electrons. The van der Waals surface area contributed by atoms with Gasteiger partial charge in [-0.1, -0.05) is 28.1 Å². The van der Waals surface area contributed by atoms with E-state index in [0.29, 0.717) is 11.3 Å². The van der Waals surface area contributed by atoms with Gasteiger partial charge in [-0.15, -0.1) is 0 Å². The molecule has 0 N–H and O–H groups in total. The molecule has 0 bridgehead atoms. The lowest BCUT2D eigenvalue weighted by atomic mass is 10.1. The van der Waals surface area contributed by atoms with Crippen molar-refractivity contribution < 1.29 is 4.79 Å². The molecule has 0 unspecified atom stereocenters. The largest absolute Gasteiger partial charge is 0.298 e. The minimum absolute atomic E-state index is 0.583. The molecule has 3 rings (SSSR count). The highest BCUT2D eigenvalue weighted by Crippen LogP contribution is 2.24. The SMILES string of the molecule is O=Cc1cn(-c2ccc(Br)cc2)nc1-c1ccc(I)cc1. The Morgan fingerprint density at radius 2 is 1.71 bits per heavy atom. The van der Waals surface area contributed by atoms with Crippen LogP contribution in [0.4, 0.5) is 0 Å². The smallest absolute Gasteiger partial charge is 0.153 e. The van der Waals surface area contributed by atoms with Crippen LogP contribution in [0.3, 0.4) is 0 Å². The Morgan fingerprint density at radius 3 is 2.33 bits per heavy atom. The van der Waals surface area contributed by atoms with Crippen LogP contribution in [-0.2, 0) is 0 Å². The van der Waals surface area contributed by atoms with E-state index in [-0.39, 0.29) is 0 Å². The number of hydrogen-bond acceptors (Lipinski definition) is 2. The van der Waals surface area contributed by atoms with Gasteiger partial charge in [-0.25, -0.2) is 4.68 Å². The van der Waals surface area contributed by atoms with Gasteiger partial charge in [-0.3, -0.25) is 4.79 Å². The minimum Gasteiger partial charge on any atom is -0.298 e. The standard InChI is InChI=1S/C16H10BrIN2O/c17-13-3-7-15(8-4-13)20-9-12(10-21)16(19-20)11-1-5-14(18)6-2-11/h1-10H. The van der Waals surface area contributed by atoms with Crippen molar-refractivity contribution in [2.75, 3.05) is 0 Å². The van der Waals surface area contributed by atoms with Crippen LogP contribution in [0, 0.1) is 3.57 Å². The molecule has 0 aliphatic rings. The number of aromatic nitrogens is 2. The van der Waals surface area contributed by atoms with Gasteiger partial charge < -0.3 is 0 Å². The van der Waals surface area contributed by atoms with E-state index in [9.17, 15) is 4.79 Å². The predicted molar refractivity (Wildman–Crippen MR) is 94.8 cm³/mol. The van der Waals surface area contributed by atoms with Crippen LogP contribution in [0.2, 0.25) is 0 Å². The van der Waals surface area contributed by atoms with Crippen LogP contribution in [0.1, 0.15) is 10.4 Å². The molecule has 2 aromatic carbocycles. The summed E-state index contributed by atoms with van der Waals surface area (Å²) in [6, 6.07) is 15.7. The summed E-state index contributed by atoms with van der Waals surface area (Å²) in [5, 5.41) is 4.55. The van der Waals surface area contributed by atoms with E-state index in [1.54, 1.807) is 10.9 Å². The Kier molecular flexibility index (Phi) is 4.21. The quantitative estimate of drug-likeness (QED) is 0.425. The summed E-state index contributed by atoms with van der Waals surface area (Å²) in [6.45, 7) is 0. The lowest BCUT2D eigenvalue weighted by molar-refractivity contribution is 0.112. The van der Waals surface area contributed by atoms with Gasteiger partial charge in [-0.2, -0.15) is 5.10 Å². The highest BCUT2D eigenvalue weighted by atomic mass is 127. The fourth-order valence-electron chi connectivity index (χ4n) is 2.03. The molecule has 0 aliphatic carbocycles. The number of carbonyl (C=O) groups excluding carboxylic acids is 1. The van der Waals surface area contributed by atoms with E-state index in [1.807, 2.05) is 48.5 Å². The highest BCUT2D eigenvalue weighted by molar-refractivity contribution is 14.1. The number of hydrogen-bond donors (Lipinski definition) is 0. The number of nitrogens with zero attached hydrogens (tertiary/aromatic N) is 2. The third-order valence-corrected chi connectivity index (χ3v) is 4.33. The molecule has 3 nitrogen and oxygen atoms in total. The molecule has 1 heterocycles. The number of carbonyl (C=O) groups is 1. The summed E-state index contributed by atoms with van der Waals surface area (Å²) in [7, 11) is 0. The van der Waals surface area contributed by atoms with Gasteiger partial charge in [0.25, 0.3) is 0 Å². The van der Waals surface area contributed by atoms with Gasteiger partial charge >= 0.3 is 0 Å². The van der Waals surface area contributed by atoms with Crippen molar-refractivity contribution in [1.29, 1.82) is 0 Å². The van der Waals surface area contributed by atoms with Gasteiger partial charge in [0.2, 0.25) is 0 Å². The Bertz CT molecular complexity index is 779. The Labute approximate surface area is 144 Å². The van der Waals surface area contributed by atoms with Gasteiger partial charge in [0, 0.05) is 19.8 Å². The molecule has 0 saturated carbocycles. The Balaban J connectivity index is 2.08. The molecule has 0 saturated heterocycles. The molecular formula is C16H10BrIN2O. The number of rotatable bonds is 3. The molecule has 0 amide bonds. The molecule has 1 aromatic heterocycles. The van der Waals surface area contributed by atoms with E-state index in [1.165, 1.54) is 0 Å². The third kappa shape index (κ3) is 3.08. The summed E-state index contributed by atoms with van der Waals surface area (Å²) in [6.07, 6.45) is 2.60. The summed E-state index contributed by atoms with van der Waals surface area (Å²) >= 11 is 5.66. The summed E-state index contributed by atoms with van der Waals surface area (Å²) in [5.41, 5.74) is 3.13. The van der Waals surface area contributed by atoms with Gasteiger partial charge in [0.1, 0.15) is 5.69 Å². The molecule has 3 aromatic rings. The first-order valence-electron chi connectivity index (χ1n) is 6.24.